The first-order valence-corrected chi connectivity index (χ1v) is 12.5. The van der Waals surface area contributed by atoms with E-state index in [9.17, 15) is 9.67 Å². The van der Waals surface area contributed by atoms with Crippen LogP contribution in [-0.2, 0) is 18.0 Å². The minimum Gasteiger partial charge on any atom is -0.410 e. The lowest BCUT2D eigenvalue weighted by Gasteiger charge is -2.45. The average molecular weight is 371 g/mol. The van der Waals surface area contributed by atoms with E-state index in [1.54, 1.807) is 20.8 Å². The molecule has 7 heteroatoms. The minimum absolute atomic E-state index is 0.224. The summed E-state index contributed by atoms with van der Waals surface area (Å²) in [5.74, 6) is -1.27. The first-order valence-electron chi connectivity index (χ1n) is 8.74. The van der Waals surface area contributed by atoms with E-state index in [1.165, 1.54) is 0 Å². The SMILES string of the molecule is CCOP(=[18O])(OCC)[C@H](O)[C@@H](C)O[Si](C(C)C)(C(C)C)C(C)C. The van der Waals surface area contributed by atoms with Gasteiger partial charge in [-0.1, -0.05) is 41.5 Å². The molecule has 0 heterocycles. The van der Waals surface area contributed by atoms with Crippen molar-refractivity contribution in [3.8, 4) is 0 Å². The Kier molecular flexibility index (Phi) is 9.81. The van der Waals surface area contributed by atoms with Crippen LogP contribution in [0.15, 0.2) is 0 Å². The van der Waals surface area contributed by atoms with Crippen molar-refractivity contribution >= 4 is 15.9 Å². The maximum Gasteiger partial charge on any atom is 0.361 e. The van der Waals surface area contributed by atoms with Gasteiger partial charge in [-0.25, -0.2) is 0 Å². The van der Waals surface area contributed by atoms with Gasteiger partial charge in [0.2, 0.25) is 8.32 Å². The Bertz CT molecular complexity index is 355. The first-order chi connectivity index (χ1) is 10.5. The summed E-state index contributed by atoms with van der Waals surface area (Å²) in [6, 6.07) is 0. The van der Waals surface area contributed by atoms with Crippen LogP contribution in [0.5, 0.6) is 0 Å². The van der Waals surface area contributed by atoms with Gasteiger partial charge < -0.3 is 18.6 Å². The Morgan fingerprint density at radius 2 is 1.22 bits per heavy atom. The fourth-order valence-electron chi connectivity index (χ4n) is 3.60. The van der Waals surface area contributed by atoms with E-state index in [4.69, 9.17) is 13.5 Å². The standard InChI is InChI=1S/C16H37O5PSi/c1-10-19-22(18,20-11-2)16(17)15(9)21-23(12(3)4,13(5)6)14(7)8/h12-17H,10-11H2,1-9H3/t15-,16+/m1/s1/i18+2. The van der Waals surface area contributed by atoms with E-state index < -0.39 is 27.9 Å². The molecule has 0 spiro atoms. The monoisotopic (exact) mass is 370 g/mol. The fraction of sp³-hybridized carbons (Fsp3) is 1.00. The molecular weight excluding hydrogens is 333 g/mol. The number of hydrogen-bond acceptors (Lipinski definition) is 5. The van der Waals surface area contributed by atoms with Crippen LogP contribution in [-0.4, -0.2) is 38.6 Å². The predicted molar refractivity (Wildman–Crippen MR) is 98.5 cm³/mol. The molecule has 0 saturated heterocycles. The lowest BCUT2D eigenvalue weighted by atomic mass is 10.4. The highest BCUT2D eigenvalue weighted by atomic mass is 31.2. The van der Waals surface area contributed by atoms with Crippen molar-refractivity contribution in [2.24, 2.45) is 0 Å². The first kappa shape index (κ1) is 23.3. The molecule has 0 aliphatic rings. The van der Waals surface area contributed by atoms with Crippen molar-refractivity contribution in [3.05, 3.63) is 0 Å². The lowest BCUT2D eigenvalue weighted by Crippen LogP contribution is -2.51. The second-order valence-corrected chi connectivity index (χ2v) is 14.5. The smallest absolute Gasteiger partial charge is 0.361 e. The molecule has 2 atom stereocenters. The fourth-order valence-corrected chi connectivity index (χ4v) is 11.0. The van der Waals surface area contributed by atoms with Gasteiger partial charge in [0, 0.05) is 0 Å². The van der Waals surface area contributed by atoms with Crippen molar-refractivity contribution in [3.63, 3.8) is 0 Å². The van der Waals surface area contributed by atoms with E-state index in [-0.39, 0.29) is 13.2 Å². The van der Waals surface area contributed by atoms with Crippen LogP contribution in [0.4, 0.5) is 0 Å². The summed E-state index contributed by atoms with van der Waals surface area (Å²) >= 11 is 0. The largest absolute Gasteiger partial charge is 0.410 e. The van der Waals surface area contributed by atoms with Crippen LogP contribution in [0.2, 0.25) is 16.6 Å². The van der Waals surface area contributed by atoms with Gasteiger partial charge in [0.15, 0.2) is 5.85 Å². The molecule has 23 heavy (non-hydrogen) atoms. The molecule has 0 aliphatic carbocycles. The summed E-state index contributed by atoms with van der Waals surface area (Å²) in [6.45, 7) is 18.7. The van der Waals surface area contributed by atoms with Crippen molar-refractivity contribution < 1.29 is 23.1 Å². The molecule has 0 aromatic heterocycles. The van der Waals surface area contributed by atoms with Crippen LogP contribution in [0.3, 0.4) is 0 Å². The highest BCUT2D eigenvalue weighted by Crippen LogP contribution is 2.54. The molecule has 0 rings (SSSR count). The molecular formula is C16H37O5PSi. The van der Waals surface area contributed by atoms with Crippen LogP contribution >= 0.6 is 7.60 Å². The van der Waals surface area contributed by atoms with Gasteiger partial charge in [-0.15, -0.1) is 0 Å². The number of hydrogen-bond donors (Lipinski definition) is 1. The maximum atomic E-state index is 12.8. The second kappa shape index (κ2) is 9.69. The summed E-state index contributed by atoms with van der Waals surface area (Å²) in [7, 11) is -5.76. The van der Waals surface area contributed by atoms with E-state index in [2.05, 4.69) is 41.5 Å². The molecule has 1 N–H and O–H groups in total. The zero-order valence-electron chi connectivity index (χ0n) is 16.3. The topological polar surface area (TPSA) is 65.0 Å². The van der Waals surface area contributed by atoms with Crippen LogP contribution < -0.4 is 0 Å². The van der Waals surface area contributed by atoms with Crippen molar-refractivity contribution in [1.82, 2.24) is 0 Å². The van der Waals surface area contributed by atoms with Gasteiger partial charge in [-0.3, -0.25) is 4.57 Å². The van der Waals surface area contributed by atoms with Crippen molar-refractivity contribution in [2.45, 2.75) is 90.9 Å². The summed E-state index contributed by atoms with van der Waals surface area (Å²) < 4.78 is 29.8. The van der Waals surface area contributed by atoms with E-state index in [0.717, 1.165) is 0 Å². The molecule has 0 fully saturated rings. The maximum absolute atomic E-state index is 12.8. The minimum atomic E-state index is -3.59. The van der Waals surface area contributed by atoms with Gasteiger partial charge in [-0.05, 0) is 37.4 Å². The Balaban J connectivity index is 5.48. The molecule has 140 valence electrons. The quantitative estimate of drug-likeness (QED) is 0.309. The van der Waals surface area contributed by atoms with Gasteiger partial charge in [0.25, 0.3) is 0 Å². The van der Waals surface area contributed by atoms with E-state index in [1.807, 2.05) is 0 Å². The molecule has 0 amide bonds. The number of aliphatic hydroxyl groups is 1. The molecule has 0 unspecified atom stereocenters. The third kappa shape index (κ3) is 5.38. The zero-order valence-corrected chi connectivity index (χ0v) is 18.2. The second-order valence-electron chi connectivity index (χ2n) is 6.93. The van der Waals surface area contributed by atoms with E-state index >= 15 is 0 Å². The summed E-state index contributed by atoms with van der Waals surface area (Å²) in [5, 5.41) is 10.6. The van der Waals surface area contributed by atoms with Crippen LogP contribution in [0.25, 0.3) is 0 Å². The lowest BCUT2D eigenvalue weighted by molar-refractivity contribution is 0.0553. The third-order valence-corrected chi connectivity index (χ3v) is 13.0. The Morgan fingerprint density at radius 3 is 1.48 bits per heavy atom. The molecule has 0 aromatic rings. The molecule has 0 radical (unpaired) electrons. The summed E-state index contributed by atoms with van der Waals surface area (Å²) in [6.07, 6.45) is -0.599. The molecule has 0 aliphatic heterocycles. The zero-order chi connectivity index (χ0) is 18.4. The van der Waals surface area contributed by atoms with Gasteiger partial charge in [0.1, 0.15) is 0 Å². The highest BCUT2D eigenvalue weighted by molar-refractivity contribution is 7.54. The molecule has 0 saturated carbocycles. The Morgan fingerprint density at radius 1 is 0.870 bits per heavy atom. The van der Waals surface area contributed by atoms with Gasteiger partial charge in [0.05, 0.1) is 19.3 Å². The number of rotatable bonds is 11. The van der Waals surface area contributed by atoms with Crippen LogP contribution in [0.1, 0.15) is 62.3 Å². The van der Waals surface area contributed by atoms with Gasteiger partial charge >= 0.3 is 7.60 Å². The molecule has 5 nitrogen and oxygen atoms in total. The van der Waals surface area contributed by atoms with E-state index in [0.29, 0.717) is 16.6 Å². The summed E-state index contributed by atoms with van der Waals surface area (Å²) in [4.78, 5) is 0. The van der Waals surface area contributed by atoms with Crippen LogP contribution in [0, 0.1) is 0 Å². The van der Waals surface area contributed by atoms with Gasteiger partial charge in [-0.2, -0.15) is 0 Å². The third-order valence-electron chi connectivity index (χ3n) is 4.46. The van der Waals surface area contributed by atoms with Crippen molar-refractivity contribution in [1.29, 1.82) is 0 Å². The normalized spacial score (nSPS) is 16.4. The highest BCUT2D eigenvalue weighted by Gasteiger charge is 2.49. The predicted octanol–water partition coefficient (Wildman–Crippen LogP) is 5.15. The molecule has 0 bridgehead atoms. The average Bonchev–Trinajstić information content (AvgIpc) is 2.42. The van der Waals surface area contributed by atoms with Crippen molar-refractivity contribution in [2.75, 3.05) is 13.2 Å². The molecule has 0 aromatic carbocycles. The Hall–Kier alpha value is 0.287. The number of aliphatic hydroxyl groups excluding tert-OH is 1. The summed E-state index contributed by atoms with van der Waals surface area (Å²) in [5.41, 5.74) is 1.15. The Labute approximate surface area is 143 Å².